The van der Waals surface area contributed by atoms with Crippen LogP contribution in [0.5, 0.6) is 0 Å². The average Bonchev–Trinajstić information content (AvgIpc) is 3.04. The highest BCUT2D eigenvalue weighted by Crippen LogP contribution is 2.32. The number of anilines is 1. The topological polar surface area (TPSA) is 70.7 Å². The van der Waals surface area contributed by atoms with Crippen LogP contribution in [0.4, 0.5) is 11.8 Å². The summed E-state index contributed by atoms with van der Waals surface area (Å²) in [5.41, 5.74) is 1.02. The highest BCUT2D eigenvalue weighted by atomic mass is 79.9. The fourth-order valence-corrected chi connectivity index (χ4v) is 3.17. The maximum atomic E-state index is 5.67. The number of hydrogen-bond donors (Lipinski definition) is 0. The van der Waals surface area contributed by atoms with Gasteiger partial charge in [0, 0.05) is 38.8 Å². The zero-order valence-corrected chi connectivity index (χ0v) is 15.7. The quantitative estimate of drug-likeness (QED) is 0.587. The van der Waals surface area contributed by atoms with Gasteiger partial charge >= 0.3 is 6.01 Å². The van der Waals surface area contributed by atoms with Crippen molar-refractivity contribution in [1.29, 1.82) is 0 Å². The zero-order valence-electron chi connectivity index (χ0n) is 14.1. The molecule has 1 aliphatic rings. The van der Waals surface area contributed by atoms with E-state index in [1.165, 1.54) is 0 Å². The van der Waals surface area contributed by atoms with Gasteiger partial charge in [0.25, 0.3) is 0 Å². The summed E-state index contributed by atoms with van der Waals surface area (Å²) in [5.74, 6) is 1.97. The van der Waals surface area contributed by atoms with E-state index < -0.39 is 0 Å². The SMILES string of the molecule is Cc1ccc(Br)c(N2CCC(c3nnc(N=CN(C)C)o3)CC2)n1. The van der Waals surface area contributed by atoms with E-state index >= 15 is 0 Å². The molecule has 24 heavy (non-hydrogen) atoms. The first kappa shape index (κ1) is 16.9. The normalized spacial score (nSPS) is 16.1. The Morgan fingerprint density at radius 1 is 1.29 bits per heavy atom. The minimum Gasteiger partial charge on any atom is -0.406 e. The van der Waals surface area contributed by atoms with E-state index in [4.69, 9.17) is 4.42 Å². The molecule has 2 aromatic heterocycles. The fourth-order valence-electron chi connectivity index (χ4n) is 2.69. The van der Waals surface area contributed by atoms with Gasteiger partial charge in [-0.15, -0.1) is 5.10 Å². The Bertz CT molecular complexity index is 721. The van der Waals surface area contributed by atoms with Crippen molar-refractivity contribution >= 4 is 34.1 Å². The van der Waals surface area contributed by atoms with E-state index in [9.17, 15) is 0 Å². The van der Waals surface area contributed by atoms with Crippen molar-refractivity contribution in [3.05, 3.63) is 28.2 Å². The first-order chi connectivity index (χ1) is 11.5. The van der Waals surface area contributed by atoms with E-state index in [1.54, 1.807) is 6.34 Å². The molecule has 0 N–H and O–H groups in total. The Kier molecular flexibility index (Phi) is 5.13. The van der Waals surface area contributed by atoms with Crippen LogP contribution in [0.2, 0.25) is 0 Å². The van der Waals surface area contributed by atoms with Crippen LogP contribution in [-0.4, -0.2) is 53.6 Å². The number of aliphatic imine (C=N–C) groups is 1. The zero-order chi connectivity index (χ0) is 17.1. The summed E-state index contributed by atoms with van der Waals surface area (Å²) < 4.78 is 6.70. The summed E-state index contributed by atoms with van der Waals surface area (Å²) in [4.78, 5) is 12.9. The standard InChI is InChI=1S/C16H21BrN6O/c1-11-4-5-13(17)14(19-11)23-8-6-12(7-9-23)15-20-21-16(24-15)18-10-22(2)3/h4-5,10,12H,6-9H2,1-3H3. The number of piperidine rings is 1. The Labute approximate surface area is 149 Å². The van der Waals surface area contributed by atoms with Crippen molar-refractivity contribution in [1.82, 2.24) is 20.1 Å². The Balaban J connectivity index is 1.64. The van der Waals surface area contributed by atoms with Crippen molar-refractivity contribution in [2.24, 2.45) is 4.99 Å². The minimum absolute atomic E-state index is 0.278. The van der Waals surface area contributed by atoms with Crippen LogP contribution in [0.25, 0.3) is 0 Å². The maximum absolute atomic E-state index is 5.67. The predicted molar refractivity (Wildman–Crippen MR) is 97.0 cm³/mol. The molecule has 0 amide bonds. The molecule has 0 radical (unpaired) electrons. The smallest absolute Gasteiger partial charge is 0.343 e. The lowest BCUT2D eigenvalue weighted by Gasteiger charge is -2.32. The first-order valence-electron chi connectivity index (χ1n) is 7.95. The second-order valence-electron chi connectivity index (χ2n) is 6.15. The van der Waals surface area contributed by atoms with Gasteiger partial charge in [-0.2, -0.15) is 4.99 Å². The number of rotatable bonds is 4. The molecule has 128 valence electrons. The lowest BCUT2D eigenvalue weighted by Crippen LogP contribution is -2.34. The van der Waals surface area contributed by atoms with Gasteiger partial charge in [-0.05, 0) is 47.8 Å². The number of nitrogens with zero attached hydrogens (tertiary/aromatic N) is 6. The van der Waals surface area contributed by atoms with Crippen LogP contribution in [0, 0.1) is 6.92 Å². The molecule has 0 aliphatic carbocycles. The summed E-state index contributed by atoms with van der Waals surface area (Å²) in [6, 6.07) is 4.37. The Hall–Kier alpha value is -1.96. The third-order valence-corrected chi connectivity index (χ3v) is 4.56. The van der Waals surface area contributed by atoms with Gasteiger partial charge in [0.15, 0.2) is 0 Å². The summed E-state index contributed by atoms with van der Waals surface area (Å²) in [7, 11) is 3.79. The highest BCUT2D eigenvalue weighted by Gasteiger charge is 2.26. The van der Waals surface area contributed by atoms with Crippen LogP contribution in [0.3, 0.4) is 0 Å². The molecule has 0 spiro atoms. The van der Waals surface area contributed by atoms with Gasteiger partial charge in [0.05, 0.1) is 10.8 Å². The molecule has 0 aromatic carbocycles. The van der Waals surface area contributed by atoms with Gasteiger partial charge < -0.3 is 14.2 Å². The van der Waals surface area contributed by atoms with E-state index in [0.29, 0.717) is 11.9 Å². The highest BCUT2D eigenvalue weighted by molar-refractivity contribution is 9.10. The number of aromatic nitrogens is 3. The second-order valence-corrected chi connectivity index (χ2v) is 7.00. The molecule has 3 rings (SSSR count). The van der Waals surface area contributed by atoms with Gasteiger partial charge in [-0.1, -0.05) is 5.10 Å². The predicted octanol–water partition coefficient (Wildman–Crippen LogP) is 3.14. The summed E-state index contributed by atoms with van der Waals surface area (Å²) in [5, 5.41) is 8.15. The molecule has 0 bridgehead atoms. The summed E-state index contributed by atoms with van der Waals surface area (Å²) >= 11 is 3.59. The van der Waals surface area contributed by atoms with E-state index in [-0.39, 0.29) is 5.92 Å². The molecule has 7 nitrogen and oxygen atoms in total. The number of pyridine rings is 1. The van der Waals surface area contributed by atoms with Crippen LogP contribution >= 0.6 is 15.9 Å². The molecule has 1 aliphatic heterocycles. The Morgan fingerprint density at radius 2 is 2.04 bits per heavy atom. The molecule has 8 heteroatoms. The number of halogens is 1. The fraction of sp³-hybridized carbons (Fsp3) is 0.500. The second kappa shape index (κ2) is 7.29. The lowest BCUT2D eigenvalue weighted by molar-refractivity contribution is 0.396. The Morgan fingerprint density at radius 3 is 2.75 bits per heavy atom. The molecular weight excluding hydrogens is 372 g/mol. The van der Waals surface area contributed by atoms with Crippen molar-refractivity contribution in [2.45, 2.75) is 25.7 Å². The van der Waals surface area contributed by atoms with Crippen molar-refractivity contribution in [3.8, 4) is 0 Å². The van der Waals surface area contributed by atoms with Crippen molar-refractivity contribution < 1.29 is 4.42 Å². The minimum atomic E-state index is 0.278. The maximum Gasteiger partial charge on any atom is 0.343 e. The molecule has 2 aromatic rings. The molecule has 0 unspecified atom stereocenters. The first-order valence-corrected chi connectivity index (χ1v) is 8.74. The van der Waals surface area contributed by atoms with E-state index in [0.717, 1.165) is 41.9 Å². The average molecular weight is 393 g/mol. The third-order valence-electron chi connectivity index (χ3n) is 3.94. The molecule has 3 heterocycles. The summed E-state index contributed by atoms with van der Waals surface area (Å²) in [6.07, 6.45) is 3.57. The number of hydrogen-bond acceptors (Lipinski definition) is 6. The van der Waals surface area contributed by atoms with Crippen LogP contribution in [0.1, 0.15) is 30.3 Å². The lowest BCUT2D eigenvalue weighted by atomic mass is 9.97. The molecule has 0 atom stereocenters. The van der Waals surface area contributed by atoms with Gasteiger partial charge in [0.1, 0.15) is 5.82 Å². The van der Waals surface area contributed by atoms with Crippen molar-refractivity contribution in [2.75, 3.05) is 32.1 Å². The van der Waals surface area contributed by atoms with Gasteiger partial charge in [-0.25, -0.2) is 4.98 Å². The number of aryl methyl sites for hydroxylation is 1. The largest absolute Gasteiger partial charge is 0.406 e. The van der Waals surface area contributed by atoms with Crippen LogP contribution < -0.4 is 4.90 Å². The van der Waals surface area contributed by atoms with Gasteiger partial charge in [0.2, 0.25) is 5.89 Å². The summed E-state index contributed by atoms with van der Waals surface area (Å²) in [6.45, 7) is 3.84. The molecule has 1 fully saturated rings. The van der Waals surface area contributed by atoms with E-state index in [1.807, 2.05) is 32.0 Å². The van der Waals surface area contributed by atoms with Crippen LogP contribution in [0.15, 0.2) is 26.0 Å². The molecule has 1 saturated heterocycles. The third kappa shape index (κ3) is 3.92. The van der Waals surface area contributed by atoms with Crippen LogP contribution in [-0.2, 0) is 0 Å². The monoisotopic (exact) mass is 392 g/mol. The molecule has 0 saturated carbocycles. The van der Waals surface area contributed by atoms with Gasteiger partial charge in [-0.3, -0.25) is 0 Å². The van der Waals surface area contributed by atoms with E-state index in [2.05, 4.69) is 47.1 Å². The molecular formula is C16H21BrN6O. The van der Waals surface area contributed by atoms with Crippen molar-refractivity contribution in [3.63, 3.8) is 0 Å².